The van der Waals surface area contributed by atoms with Gasteiger partial charge >= 0.3 is 0 Å². The van der Waals surface area contributed by atoms with Gasteiger partial charge < -0.3 is 15.2 Å². The molecule has 4 N–H and O–H groups in total. The summed E-state index contributed by atoms with van der Waals surface area (Å²) in [6, 6.07) is 12.0. The number of fused-ring (bicyclic) bond motifs is 1. The van der Waals surface area contributed by atoms with Gasteiger partial charge in [-0.2, -0.15) is 10.2 Å². The summed E-state index contributed by atoms with van der Waals surface area (Å²) in [4.78, 5) is 8.06. The molecule has 0 saturated heterocycles. The Labute approximate surface area is 183 Å². The van der Waals surface area contributed by atoms with Crippen molar-refractivity contribution in [3.05, 3.63) is 65.7 Å². The van der Waals surface area contributed by atoms with Gasteiger partial charge in [0.25, 0.3) is 0 Å². The Hall–Kier alpha value is -4.01. The first-order valence-corrected chi connectivity index (χ1v) is 10.9. The Bertz CT molecular complexity index is 1510. The highest BCUT2D eigenvalue weighted by molar-refractivity contribution is 7.89. The number of aryl methyl sites for hydroxylation is 2. The molecule has 0 radical (unpaired) electrons. The van der Waals surface area contributed by atoms with Crippen molar-refractivity contribution < 1.29 is 12.8 Å². The summed E-state index contributed by atoms with van der Waals surface area (Å²) in [5.74, 6) is -0.722. The van der Waals surface area contributed by atoms with E-state index in [2.05, 4.69) is 26.7 Å². The topological polar surface area (TPSA) is 139 Å². The van der Waals surface area contributed by atoms with E-state index in [-0.39, 0.29) is 16.7 Å². The van der Waals surface area contributed by atoms with E-state index in [1.54, 1.807) is 49.0 Å². The van der Waals surface area contributed by atoms with Gasteiger partial charge in [0, 0.05) is 24.3 Å². The number of hydrogen-bond donors (Lipinski definition) is 3. The highest BCUT2D eigenvalue weighted by Crippen LogP contribution is 2.30. The lowest BCUT2D eigenvalue weighted by atomic mass is 10.1. The molecule has 32 heavy (non-hydrogen) atoms. The zero-order chi connectivity index (χ0) is 23.0. The lowest BCUT2D eigenvalue weighted by Gasteiger charge is -2.12. The van der Waals surface area contributed by atoms with Crippen LogP contribution in [0.2, 0.25) is 0 Å². The van der Waals surface area contributed by atoms with Crippen molar-refractivity contribution in [2.24, 2.45) is 12.2 Å². The molecule has 0 aliphatic heterocycles. The monoisotopic (exact) mass is 451 g/mol. The van der Waals surface area contributed by atoms with Crippen LogP contribution in [-0.2, 0) is 17.1 Å². The Morgan fingerprint density at radius 2 is 2.00 bits per heavy atom. The summed E-state index contributed by atoms with van der Waals surface area (Å²) in [5, 5.41) is 21.1. The predicted molar refractivity (Wildman–Crippen MR) is 119 cm³/mol. The first kappa shape index (κ1) is 21.2. The van der Waals surface area contributed by atoms with Gasteiger partial charge in [-0.05, 0) is 30.7 Å². The number of para-hydroxylation sites is 1. The fourth-order valence-corrected chi connectivity index (χ4v) is 4.22. The largest absolute Gasteiger partial charge is 0.347 e. The van der Waals surface area contributed by atoms with E-state index in [0.29, 0.717) is 28.0 Å². The molecule has 0 fully saturated rings. The third kappa shape index (κ3) is 3.96. The van der Waals surface area contributed by atoms with Crippen molar-refractivity contribution >= 4 is 44.1 Å². The molecular weight excluding hydrogens is 433 g/mol. The average Bonchev–Trinajstić information content (AvgIpc) is 3.08. The molecule has 9 nitrogen and oxygen atoms in total. The smallest absolute Gasteiger partial charge is 0.238 e. The Morgan fingerprint density at radius 1 is 1.22 bits per heavy atom. The molecule has 4 aromatic rings. The molecule has 4 rings (SSSR count). The van der Waals surface area contributed by atoms with E-state index in [1.165, 1.54) is 6.07 Å². The fourth-order valence-electron chi connectivity index (χ4n) is 3.41. The van der Waals surface area contributed by atoms with Crippen LogP contribution >= 0.6 is 0 Å². The van der Waals surface area contributed by atoms with E-state index < -0.39 is 15.8 Å². The normalized spacial score (nSPS) is 11.3. The number of nitrogens with two attached hydrogens (primary N) is 1. The van der Waals surface area contributed by atoms with Crippen molar-refractivity contribution in [2.45, 2.75) is 11.8 Å². The predicted octanol–water partition coefficient (Wildman–Crippen LogP) is 3.42. The number of nitrogens with one attached hydrogen (secondary N) is 2. The number of aromatic nitrogens is 3. The van der Waals surface area contributed by atoms with E-state index >= 15 is 0 Å². The summed E-state index contributed by atoms with van der Waals surface area (Å²) < 4.78 is 39.8. The van der Waals surface area contributed by atoms with E-state index in [9.17, 15) is 18.1 Å². The molecule has 0 atom stereocenters. The number of nitriles is 1. The van der Waals surface area contributed by atoms with Crippen LogP contribution in [-0.4, -0.2) is 23.0 Å². The molecular formula is C21H18FN7O2S. The third-order valence-corrected chi connectivity index (χ3v) is 5.92. The number of nitrogens with zero attached hydrogens (tertiary/aromatic N) is 4. The van der Waals surface area contributed by atoms with Crippen LogP contribution in [0.15, 0.2) is 53.7 Å². The zero-order valence-corrected chi connectivity index (χ0v) is 17.9. The van der Waals surface area contributed by atoms with Crippen molar-refractivity contribution in [3.8, 4) is 6.07 Å². The lowest BCUT2D eigenvalue weighted by molar-refractivity contribution is 0.597. The SMILES string of the molecule is Cc1ccc(Nc2ncc(F)c(Nc3cccc4c(C#N)cn(C)c34)n2)cc1S(N)(=O)=O. The van der Waals surface area contributed by atoms with Gasteiger partial charge in [0.15, 0.2) is 11.6 Å². The second-order valence-corrected chi connectivity index (χ2v) is 8.66. The minimum atomic E-state index is -3.91. The minimum Gasteiger partial charge on any atom is -0.347 e. The summed E-state index contributed by atoms with van der Waals surface area (Å²) in [5.41, 5.74) is 2.64. The van der Waals surface area contributed by atoms with Gasteiger partial charge in [-0.15, -0.1) is 0 Å². The molecule has 2 heterocycles. The van der Waals surface area contributed by atoms with Crippen molar-refractivity contribution in [1.29, 1.82) is 5.26 Å². The second kappa shape index (κ2) is 7.92. The first-order valence-electron chi connectivity index (χ1n) is 9.35. The van der Waals surface area contributed by atoms with Crippen LogP contribution in [0.25, 0.3) is 10.9 Å². The van der Waals surface area contributed by atoms with Crippen molar-refractivity contribution in [1.82, 2.24) is 14.5 Å². The van der Waals surface area contributed by atoms with Crippen molar-refractivity contribution in [3.63, 3.8) is 0 Å². The Morgan fingerprint density at radius 3 is 2.72 bits per heavy atom. The van der Waals surface area contributed by atoms with Crippen molar-refractivity contribution in [2.75, 3.05) is 10.6 Å². The minimum absolute atomic E-state index is 0.0355. The van der Waals surface area contributed by atoms with E-state index in [0.717, 1.165) is 11.6 Å². The third-order valence-electron chi connectivity index (χ3n) is 4.87. The number of sulfonamides is 1. The number of benzene rings is 2. The molecule has 2 aromatic carbocycles. The quantitative estimate of drug-likeness (QED) is 0.422. The van der Waals surface area contributed by atoms with E-state index in [1.807, 2.05) is 6.07 Å². The molecule has 0 bridgehead atoms. The van der Waals surface area contributed by atoms with Crippen LogP contribution in [0.1, 0.15) is 11.1 Å². The standard InChI is InChI=1S/C21H18FN7O2S/c1-12-6-7-14(8-18(12)32(24,30)31)26-21-25-10-16(22)20(28-21)27-17-5-3-4-15-13(9-23)11-29(2)19(15)17/h3-8,10-11H,1-2H3,(H2,24,30,31)(H2,25,26,27,28). The maximum absolute atomic E-state index is 14.5. The lowest BCUT2D eigenvalue weighted by Crippen LogP contribution is -2.14. The van der Waals surface area contributed by atoms with Crippen LogP contribution in [0.3, 0.4) is 0 Å². The maximum atomic E-state index is 14.5. The Kier molecular flexibility index (Phi) is 5.25. The molecule has 0 amide bonds. The summed E-state index contributed by atoms with van der Waals surface area (Å²) in [6.45, 7) is 1.63. The molecule has 0 unspecified atom stereocenters. The van der Waals surface area contributed by atoms with E-state index in [4.69, 9.17) is 5.14 Å². The number of rotatable bonds is 5. The number of anilines is 4. The van der Waals surface area contributed by atoms with Crippen LogP contribution in [0.4, 0.5) is 27.5 Å². The summed E-state index contributed by atoms with van der Waals surface area (Å²) in [6.07, 6.45) is 2.69. The molecule has 11 heteroatoms. The number of primary sulfonamides is 1. The van der Waals surface area contributed by atoms with Crippen LogP contribution < -0.4 is 15.8 Å². The summed E-state index contributed by atoms with van der Waals surface area (Å²) >= 11 is 0. The highest BCUT2D eigenvalue weighted by Gasteiger charge is 2.15. The molecule has 162 valence electrons. The summed E-state index contributed by atoms with van der Waals surface area (Å²) in [7, 11) is -2.12. The van der Waals surface area contributed by atoms with Gasteiger partial charge in [-0.25, -0.2) is 22.9 Å². The van der Waals surface area contributed by atoms with Gasteiger partial charge in [-0.1, -0.05) is 18.2 Å². The van der Waals surface area contributed by atoms with Crippen LogP contribution in [0, 0.1) is 24.1 Å². The molecule has 0 aliphatic rings. The zero-order valence-electron chi connectivity index (χ0n) is 17.1. The second-order valence-electron chi connectivity index (χ2n) is 7.13. The van der Waals surface area contributed by atoms with Crippen LogP contribution in [0.5, 0.6) is 0 Å². The fraction of sp³-hybridized carbons (Fsp3) is 0.0952. The molecule has 0 saturated carbocycles. The number of hydrogen-bond acceptors (Lipinski definition) is 7. The highest BCUT2D eigenvalue weighted by atomic mass is 32.2. The average molecular weight is 451 g/mol. The molecule has 0 spiro atoms. The molecule has 2 aromatic heterocycles. The number of halogens is 1. The van der Waals surface area contributed by atoms with Gasteiger partial charge in [0.1, 0.15) is 6.07 Å². The van der Waals surface area contributed by atoms with Gasteiger partial charge in [0.2, 0.25) is 16.0 Å². The van der Waals surface area contributed by atoms with Gasteiger partial charge in [0.05, 0.1) is 27.9 Å². The Balaban J connectivity index is 1.69. The van der Waals surface area contributed by atoms with Gasteiger partial charge in [-0.3, -0.25) is 0 Å². The maximum Gasteiger partial charge on any atom is 0.238 e. The molecule has 0 aliphatic carbocycles. The first-order chi connectivity index (χ1) is 15.2.